The molecule has 2 aliphatic rings. The molecule has 2 aromatic rings. The summed E-state index contributed by atoms with van der Waals surface area (Å²) in [5.41, 5.74) is 8.22. The predicted octanol–water partition coefficient (Wildman–Crippen LogP) is 4.04. The molecule has 0 radical (unpaired) electrons. The number of amidine groups is 1. The van der Waals surface area contributed by atoms with Crippen LogP contribution in [-0.2, 0) is 4.74 Å². The molecule has 1 aliphatic carbocycles. The maximum Gasteiger partial charge on any atom is 0.338 e. The van der Waals surface area contributed by atoms with Crippen molar-refractivity contribution >= 4 is 17.5 Å². The summed E-state index contributed by atoms with van der Waals surface area (Å²) in [6.45, 7) is 0.557. The van der Waals surface area contributed by atoms with Gasteiger partial charge in [0.15, 0.2) is 0 Å². The molecule has 1 fully saturated rings. The van der Waals surface area contributed by atoms with E-state index in [1.54, 1.807) is 0 Å². The van der Waals surface area contributed by atoms with E-state index in [-0.39, 0.29) is 24.7 Å². The van der Waals surface area contributed by atoms with Crippen molar-refractivity contribution in [2.45, 2.75) is 24.9 Å². The van der Waals surface area contributed by atoms with Gasteiger partial charge in [-0.3, -0.25) is 4.99 Å². The summed E-state index contributed by atoms with van der Waals surface area (Å²) in [6, 6.07) is 18.4. The van der Waals surface area contributed by atoms with Crippen LogP contribution in [0.25, 0.3) is 0 Å². The van der Waals surface area contributed by atoms with Crippen LogP contribution in [0.3, 0.4) is 0 Å². The van der Waals surface area contributed by atoms with E-state index in [4.69, 9.17) is 15.5 Å². The third kappa shape index (κ3) is 4.30. The van der Waals surface area contributed by atoms with Crippen molar-refractivity contribution in [3.63, 3.8) is 0 Å². The molecule has 5 nitrogen and oxygen atoms in total. The second kappa shape index (κ2) is 8.88. The zero-order chi connectivity index (χ0) is 20.1. The maximum atomic E-state index is 12.0. The smallest absolute Gasteiger partial charge is 0.338 e. The van der Waals surface area contributed by atoms with Gasteiger partial charge in [0.05, 0.1) is 17.6 Å². The molecule has 148 valence electrons. The summed E-state index contributed by atoms with van der Waals surface area (Å²) in [6.07, 6.45) is 10.2. The van der Waals surface area contributed by atoms with Gasteiger partial charge in [0, 0.05) is 18.7 Å². The Morgan fingerprint density at radius 1 is 1.10 bits per heavy atom. The first kappa shape index (κ1) is 19.2. The highest BCUT2D eigenvalue weighted by atomic mass is 16.5. The number of allylic oxidation sites excluding steroid dienone is 2. The summed E-state index contributed by atoms with van der Waals surface area (Å²) in [5.74, 6) is 0.757. The van der Waals surface area contributed by atoms with Crippen molar-refractivity contribution in [3.8, 4) is 0 Å². The zero-order valence-electron chi connectivity index (χ0n) is 16.3. The molecule has 0 saturated carbocycles. The van der Waals surface area contributed by atoms with E-state index in [0.717, 1.165) is 29.9 Å². The first-order valence-corrected chi connectivity index (χ1v) is 9.97. The van der Waals surface area contributed by atoms with Crippen molar-refractivity contribution in [1.82, 2.24) is 0 Å². The molecular formula is C24H25N3O2. The monoisotopic (exact) mass is 387 g/mol. The van der Waals surface area contributed by atoms with Gasteiger partial charge in [0.1, 0.15) is 12.4 Å². The van der Waals surface area contributed by atoms with E-state index in [2.05, 4.69) is 41.3 Å². The molecule has 0 bridgehead atoms. The van der Waals surface area contributed by atoms with Gasteiger partial charge in [-0.1, -0.05) is 54.6 Å². The molecule has 2 aromatic carbocycles. The van der Waals surface area contributed by atoms with Crippen molar-refractivity contribution in [3.05, 3.63) is 90.0 Å². The lowest BCUT2D eigenvalue weighted by Crippen LogP contribution is -2.47. The Kier molecular flexibility index (Phi) is 5.86. The van der Waals surface area contributed by atoms with Crippen molar-refractivity contribution in [2.24, 2.45) is 10.7 Å². The molecule has 5 heteroatoms. The number of rotatable bonds is 6. The van der Waals surface area contributed by atoms with Crippen LogP contribution < -0.4 is 10.6 Å². The largest absolute Gasteiger partial charge is 0.461 e. The van der Waals surface area contributed by atoms with Crippen LogP contribution in [0.15, 0.2) is 83.9 Å². The fraction of sp³-hybridized carbons (Fsp3) is 0.250. The quantitative estimate of drug-likeness (QED) is 0.760. The first-order valence-electron chi connectivity index (χ1n) is 9.97. The lowest BCUT2D eigenvalue weighted by atomic mass is 9.91. The molecular weight excluding hydrogens is 362 g/mol. The van der Waals surface area contributed by atoms with Gasteiger partial charge in [-0.05, 0) is 36.2 Å². The Hall–Kier alpha value is -3.18. The van der Waals surface area contributed by atoms with E-state index >= 15 is 0 Å². The van der Waals surface area contributed by atoms with Crippen LogP contribution in [0.4, 0.5) is 5.69 Å². The summed E-state index contributed by atoms with van der Waals surface area (Å²) < 4.78 is 5.10. The van der Waals surface area contributed by atoms with Crippen LogP contribution in [0.2, 0.25) is 0 Å². The summed E-state index contributed by atoms with van der Waals surface area (Å²) in [7, 11) is 0. The van der Waals surface area contributed by atoms with Gasteiger partial charge >= 0.3 is 5.97 Å². The third-order valence-corrected chi connectivity index (χ3v) is 5.16. The minimum absolute atomic E-state index is 0.196. The fourth-order valence-electron chi connectivity index (χ4n) is 3.66. The van der Waals surface area contributed by atoms with E-state index in [0.29, 0.717) is 12.1 Å². The van der Waals surface area contributed by atoms with Crippen LogP contribution in [-0.4, -0.2) is 31.0 Å². The number of carbonyl (C=O) groups is 1. The number of esters is 1. The SMILES string of the molecule is NCCOC(=O)c1ccc(C2CC(=NC3C=CC=CC3)N2c2ccccc2)cc1. The third-order valence-electron chi connectivity index (χ3n) is 5.16. The molecule has 0 aromatic heterocycles. The molecule has 0 spiro atoms. The molecule has 29 heavy (non-hydrogen) atoms. The van der Waals surface area contributed by atoms with Gasteiger partial charge in [-0.2, -0.15) is 0 Å². The first-order chi connectivity index (χ1) is 14.3. The highest BCUT2D eigenvalue weighted by Gasteiger charge is 2.36. The van der Waals surface area contributed by atoms with E-state index in [1.807, 2.05) is 42.5 Å². The number of nitrogens with two attached hydrogens (primary N) is 1. The molecule has 0 amide bonds. The highest BCUT2D eigenvalue weighted by Crippen LogP contribution is 2.40. The summed E-state index contributed by atoms with van der Waals surface area (Å²) in [5, 5.41) is 0. The number of hydrogen-bond acceptors (Lipinski definition) is 4. The Balaban J connectivity index is 1.55. The standard InChI is InChI=1S/C24H25N3O2/c25-15-16-29-24(28)19-13-11-18(12-14-19)22-17-23(26-20-7-3-1-4-8-20)27(22)21-9-5-2-6-10-21/h1-7,9-14,20,22H,8,15-17,25H2. The summed E-state index contributed by atoms with van der Waals surface area (Å²) in [4.78, 5) is 19.3. The van der Waals surface area contributed by atoms with Crippen LogP contribution in [0.1, 0.15) is 34.8 Å². The molecule has 2 atom stereocenters. The van der Waals surface area contributed by atoms with Gasteiger partial charge in [-0.25, -0.2) is 4.79 Å². The van der Waals surface area contributed by atoms with Gasteiger partial charge in [0.2, 0.25) is 0 Å². The number of carbonyl (C=O) groups excluding carboxylic acids is 1. The molecule has 4 rings (SSSR count). The van der Waals surface area contributed by atoms with E-state index < -0.39 is 0 Å². The number of aliphatic imine (C=N–C) groups is 1. The van der Waals surface area contributed by atoms with Crippen LogP contribution >= 0.6 is 0 Å². The van der Waals surface area contributed by atoms with Gasteiger partial charge < -0.3 is 15.4 Å². The fourth-order valence-corrected chi connectivity index (χ4v) is 3.66. The molecule has 1 saturated heterocycles. The number of nitrogens with zero attached hydrogens (tertiary/aromatic N) is 2. The van der Waals surface area contributed by atoms with E-state index in [9.17, 15) is 4.79 Å². The van der Waals surface area contributed by atoms with Crippen LogP contribution in [0, 0.1) is 0 Å². The molecule has 1 heterocycles. The van der Waals surface area contributed by atoms with E-state index in [1.165, 1.54) is 0 Å². The minimum atomic E-state index is -0.338. The van der Waals surface area contributed by atoms with Crippen LogP contribution in [0.5, 0.6) is 0 Å². The normalized spacial score (nSPS) is 21.8. The average molecular weight is 387 g/mol. The Morgan fingerprint density at radius 3 is 2.59 bits per heavy atom. The Morgan fingerprint density at radius 2 is 1.90 bits per heavy atom. The lowest BCUT2D eigenvalue weighted by molar-refractivity contribution is 0.0516. The predicted molar refractivity (Wildman–Crippen MR) is 116 cm³/mol. The number of para-hydroxylation sites is 1. The summed E-state index contributed by atoms with van der Waals surface area (Å²) >= 11 is 0. The lowest BCUT2D eigenvalue weighted by Gasteiger charge is -2.44. The molecule has 1 aliphatic heterocycles. The van der Waals surface area contributed by atoms with Gasteiger partial charge in [0.25, 0.3) is 0 Å². The number of hydrogen-bond donors (Lipinski definition) is 1. The Bertz CT molecular complexity index is 932. The van der Waals surface area contributed by atoms with Crippen molar-refractivity contribution in [1.29, 1.82) is 0 Å². The molecule has 2 N–H and O–H groups in total. The zero-order valence-corrected chi connectivity index (χ0v) is 16.3. The number of benzene rings is 2. The minimum Gasteiger partial charge on any atom is -0.461 e. The second-order valence-corrected chi connectivity index (χ2v) is 7.13. The van der Waals surface area contributed by atoms with Crippen molar-refractivity contribution in [2.75, 3.05) is 18.1 Å². The molecule has 2 unspecified atom stereocenters. The number of ether oxygens (including phenoxy) is 1. The number of anilines is 1. The average Bonchev–Trinajstić information content (AvgIpc) is 2.76. The second-order valence-electron chi connectivity index (χ2n) is 7.13. The van der Waals surface area contributed by atoms with Gasteiger partial charge in [-0.15, -0.1) is 0 Å². The topological polar surface area (TPSA) is 67.9 Å². The highest BCUT2D eigenvalue weighted by molar-refractivity contribution is 6.05. The Labute approximate surface area is 171 Å². The van der Waals surface area contributed by atoms with Crippen molar-refractivity contribution < 1.29 is 9.53 Å². The maximum absolute atomic E-state index is 12.0.